The van der Waals surface area contributed by atoms with Gasteiger partial charge in [0.05, 0.1) is 19.3 Å². The van der Waals surface area contributed by atoms with E-state index in [0.29, 0.717) is 18.1 Å². The zero-order valence-electron chi connectivity index (χ0n) is 13.6. The maximum atomic E-state index is 5.49. The van der Waals surface area contributed by atoms with Crippen LogP contribution >= 0.6 is 0 Å². The van der Waals surface area contributed by atoms with Gasteiger partial charge in [-0.05, 0) is 24.5 Å². The molecule has 3 rings (SSSR count). The van der Waals surface area contributed by atoms with Crippen molar-refractivity contribution >= 4 is 0 Å². The Morgan fingerprint density at radius 2 is 1.95 bits per heavy atom. The molecule has 3 nitrogen and oxygen atoms in total. The van der Waals surface area contributed by atoms with Gasteiger partial charge in [0.2, 0.25) is 0 Å². The Bertz CT molecular complexity index is 525. The first-order chi connectivity index (χ1) is 10.7. The van der Waals surface area contributed by atoms with Crippen molar-refractivity contribution in [1.29, 1.82) is 0 Å². The van der Waals surface area contributed by atoms with E-state index in [4.69, 9.17) is 4.74 Å². The van der Waals surface area contributed by atoms with Crippen LogP contribution in [0.1, 0.15) is 25.8 Å². The summed E-state index contributed by atoms with van der Waals surface area (Å²) in [4.78, 5) is 2.48. The molecule has 0 bridgehead atoms. The monoisotopic (exact) mass is 298 g/mol. The highest BCUT2D eigenvalue weighted by atomic mass is 16.5. The normalized spacial score (nSPS) is 26.3. The number of nitrogens with zero attached hydrogens (tertiary/aromatic N) is 1. The first-order valence-corrected chi connectivity index (χ1v) is 8.38. The van der Waals surface area contributed by atoms with Crippen molar-refractivity contribution in [3.63, 3.8) is 0 Å². The van der Waals surface area contributed by atoms with Gasteiger partial charge in [0, 0.05) is 30.7 Å². The third-order valence-corrected chi connectivity index (χ3v) is 4.37. The summed E-state index contributed by atoms with van der Waals surface area (Å²) in [5, 5.41) is 3.65. The predicted octanol–water partition coefficient (Wildman–Crippen LogP) is 2.13. The van der Waals surface area contributed by atoms with E-state index in [2.05, 4.69) is 48.0 Å². The van der Waals surface area contributed by atoms with Crippen molar-refractivity contribution in [2.75, 3.05) is 26.3 Å². The summed E-state index contributed by atoms with van der Waals surface area (Å²) >= 11 is 0. The summed E-state index contributed by atoms with van der Waals surface area (Å²) in [7, 11) is 0. The molecule has 2 heterocycles. The quantitative estimate of drug-likeness (QED) is 0.683. The maximum absolute atomic E-state index is 5.49. The molecule has 2 aliphatic rings. The second-order valence-corrected chi connectivity index (χ2v) is 6.66. The largest absolute Gasteiger partial charge is 0.379 e. The first kappa shape index (κ1) is 15.6. The Hall–Kier alpha value is -1.34. The molecule has 0 spiro atoms. The summed E-state index contributed by atoms with van der Waals surface area (Å²) in [5.41, 5.74) is 1.10. The van der Waals surface area contributed by atoms with Crippen molar-refractivity contribution in [3.8, 4) is 11.8 Å². The minimum Gasteiger partial charge on any atom is -0.379 e. The minimum atomic E-state index is 0.299. The summed E-state index contributed by atoms with van der Waals surface area (Å²) in [5.74, 6) is 7.62. The molecule has 1 aromatic rings. The van der Waals surface area contributed by atoms with Crippen LogP contribution in [0, 0.1) is 17.8 Å². The molecule has 0 aromatic heterocycles. The smallest absolute Gasteiger partial charge is 0.0890 e. The van der Waals surface area contributed by atoms with E-state index in [1.165, 1.54) is 6.42 Å². The molecule has 1 aromatic carbocycles. The second-order valence-electron chi connectivity index (χ2n) is 6.66. The Balaban J connectivity index is 1.71. The van der Waals surface area contributed by atoms with E-state index in [0.717, 1.165) is 37.8 Å². The van der Waals surface area contributed by atoms with Gasteiger partial charge in [0.1, 0.15) is 0 Å². The summed E-state index contributed by atoms with van der Waals surface area (Å²) in [6.45, 7) is 8.20. The van der Waals surface area contributed by atoms with Crippen LogP contribution in [-0.2, 0) is 4.74 Å². The molecule has 22 heavy (non-hydrogen) atoms. The van der Waals surface area contributed by atoms with Gasteiger partial charge in [-0.1, -0.05) is 43.9 Å². The lowest BCUT2D eigenvalue weighted by Crippen LogP contribution is -2.46. The predicted molar refractivity (Wildman–Crippen MR) is 89.7 cm³/mol. The molecule has 0 aliphatic carbocycles. The molecule has 0 amide bonds. The van der Waals surface area contributed by atoms with Crippen molar-refractivity contribution in [1.82, 2.24) is 10.2 Å². The molecule has 0 saturated carbocycles. The average Bonchev–Trinajstić information content (AvgIpc) is 3.28. The van der Waals surface area contributed by atoms with E-state index >= 15 is 0 Å². The maximum Gasteiger partial charge on any atom is 0.0890 e. The fraction of sp³-hybridized carbons (Fsp3) is 0.579. The second kappa shape index (κ2) is 7.28. The van der Waals surface area contributed by atoms with Crippen molar-refractivity contribution in [2.24, 2.45) is 5.92 Å². The van der Waals surface area contributed by atoms with Crippen LogP contribution in [0.25, 0.3) is 0 Å². The average molecular weight is 298 g/mol. The van der Waals surface area contributed by atoms with Crippen LogP contribution in [0.4, 0.5) is 0 Å². The van der Waals surface area contributed by atoms with Gasteiger partial charge in [0.15, 0.2) is 0 Å². The molecule has 1 N–H and O–H groups in total. The van der Waals surface area contributed by atoms with Crippen molar-refractivity contribution in [3.05, 3.63) is 35.9 Å². The molecule has 2 aliphatic heterocycles. The molecule has 3 atom stereocenters. The van der Waals surface area contributed by atoms with Gasteiger partial charge in [-0.25, -0.2) is 0 Å². The highest BCUT2D eigenvalue weighted by Gasteiger charge is 2.44. The number of ether oxygens (including phenoxy) is 1. The lowest BCUT2D eigenvalue weighted by atomic mass is 10.0. The number of rotatable bonds is 4. The molecular weight excluding hydrogens is 272 g/mol. The van der Waals surface area contributed by atoms with Crippen molar-refractivity contribution < 1.29 is 4.74 Å². The SMILES string of the molecule is CC(C)CC1NC1C(C#Cc1ccccc1)N1CCOCC1. The molecule has 3 heteroatoms. The third-order valence-electron chi connectivity index (χ3n) is 4.37. The molecule has 118 valence electrons. The first-order valence-electron chi connectivity index (χ1n) is 8.38. The Morgan fingerprint density at radius 1 is 1.23 bits per heavy atom. The number of morpholine rings is 1. The summed E-state index contributed by atoms with van der Waals surface area (Å²) < 4.78 is 5.49. The molecule has 0 radical (unpaired) electrons. The number of hydrogen-bond donors (Lipinski definition) is 1. The Kier molecular flexibility index (Phi) is 5.15. The van der Waals surface area contributed by atoms with Gasteiger partial charge in [0.25, 0.3) is 0 Å². The van der Waals surface area contributed by atoms with E-state index in [1.807, 2.05) is 18.2 Å². The summed E-state index contributed by atoms with van der Waals surface area (Å²) in [6, 6.07) is 11.7. The van der Waals surface area contributed by atoms with Gasteiger partial charge < -0.3 is 10.1 Å². The highest BCUT2D eigenvalue weighted by molar-refractivity contribution is 5.36. The van der Waals surface area contributed by atoms with Gasteiger partial charge in [-0.3, -0.25) is 4.90 Å². The standard InChI is InChI=1S/C19H26N2O/c1-15(2)14-17-19(20-17)18(21-10-12-22-13-11-21)9-8-16-6-4-3-5-7-16/h3-7,15,17-20H,10-14H2,1-2H3. The van der Waals surface area contributed by atoms with Gasteiger partial charge >= 0.3 is 0 Å². The zero-order valence-corrected chi connectivity index (χ0v) is 13.6. The van der Waals surface area contributed by atoms with E-state index in [9.17, 15) is 0 Å². The zero-order chi connectivity index (χ0) is 15.4. The number of benzene rings is 1. The third kappa shape index (κ3) is 4.10. The van der Waals surface area contributed by atoms with Crippen LogP contribution in [0.15, 0.2) is 30.3 Å². The van der Waals surface area contributed by atoms with Crippen LogP contribution in [0.5, 0.6) is 0 Å². The summed E-state index contributed by atoms with van der Waals surface area (Å²) in [6.07, 6.45) is 1.23. The van der Waals surface area contributed by atoms with E-state index < -0.39 is 0 Å². The molecule has 2 fully saturated rings. The number of hydrogen-bond acceptors (Lipinski definition) is 3. The Morgan fingerprint density at radius 3 is 2.64 bits per heavy atom. The lowest BCUT2D eigenvalue weighted by molar-refractivity contribution is 0.0267. The Labute approximate surface area is 134 Å². The number of nitrogens with one attached hydrogen (secondary N) is 1. The van der Waals surface area contributed by atoms with E-state index in [-0.39, 0.29) is 0 Å². The highest BCUT2D eigenvalue weighted by Crippen LogP contribution is 2.25. The van der Waals surface area contributed by atoms with Crippen LogP contribution in [0.2, 0.25) is 0 Å². The van der Waals surface area contributed by atoms with Crippen LogP contribution in [0.3, 0.4) is 0 Å². The molecule has 2 saturated heterocycles. The molecular formula is C19H26N2O. The van der Waals surface area contributed by atoms with Crippen molar-refractivity contribution in [2.45, 2.75) is 38.4 Å². The fourth-order valence-electron chi connectivity index (χ4n) is 3.17. The fourth-order valence-corrected chi connectivity index (χ4v) is 3.17. The topological polar surface area (TPSA) is 34.4 Å². The van der Waals surface area contributed by atoms with Crippen LogP contribution in [-0.4, -0.2) is 49.3 Å². The van der Waals surface area contributed by atoms with Crippen LogP contribution < -0.4 is 5.32 Å². The molecule has 3 unspecified atom stereocenters. The van der Waals surface area contributed by atoms with Gasteiger partial charge in [-0.2, -0.15) is 0 Å². The lowest BCUT2D eigenvalue weighted by Gasteiger charge is -2.31. The van der Waals surface area contributed by atoms with E-state index in [1.54, 1.807) is 0 Å². The minimum absolute atomic E-state index is 0.299. The van der Waals surface area contributed by atoms with Gasteiger partial charge in [-0.15, -0.1) is 0 Å².